The van der Waals surface area contributed by atoms with Crippen LogP contribution < -0.4 is 0 Å². The van der Waals surface area contributed by atoms with Crippen LogP contribution in [0.3, 0.4) is 0 Å². The number of hydrogen-bond donors (Lipinski definition) is 0. The molecule has 2 nitrogen and oxygen atoms in total. The molecular weight excluding hydrogens is 234 g/mol. The van der Waals surface area contributed by atoms with Crippen LogP contribution in [0.1, 0.15) is 20.7 Å². The van der Waals surface area contributed by atoms with E-state index in [0.717, 1.165) is 0 Å². The Labute approximate surface area is 89.4 Å². The summed E-state index contributed by atoms with van der Waals surface area (Å²) in [6.45, 7) is 0. The van der Waals surface area contributed by atoms with Gasteiger partial charge < -0.3 is 0 Å². The van der Waals surface area contributed by atoms with Gasteiger partial charge in [0, 0.05) is 5.56 Å². The fourth-order valence-electron chi connectivity index (χ4n) is 0.833. The molecule has 1 aromatic carbocycles. The molecular formula is C8H3Cl3O2. The minimum absolute atomic E-state index is 0.0272. The molecule has 0 bridgehead atoms. The lowest BCUT2D eigenvalue weighted by Gasteiger charge is -2.04. The van der Waals surface area contributed by atoms with Crippen molar-refractivity contribution in [3.05, 3.63) is 32.3 Å². The molecule has 0 aromatic heterocycles. The smallest absolute Gasteiger partial charge is 0.153 e. The third-order valence-electron chi connectivity index (χ3n) is 1.46. The Morgan fingerprint density at radius 2 is 1.62 bits per heavy atom. The van der Waals surface area contributed by atoms with E-state index in [1.54, 1.807) is 0 Å². The van der Waals surface area contributed by atoms with Crippen LogP contribution in [-0.4, -0.2) is 12.6 Å². The quantitative estimate of drug-likeness (QED) is 0.584. The van der Waals surface area contributed by atoms with Gasteiger partial charge in [-0.15, -0.1) is 0 Å². The predicted molar refractivity (Wildman–Crippen MR) is 52.2 cm³/mol. The maximum atomic E-state index is 10.5. The van der Waals surface area contributed by atoms with Gasteiger partial charge in [0.2, 0.25) is 0 Å². The van der Waals surface area contributed by atoms with Gasteiger partial charge in [0.05, 0.1) is 20.6 Å². The zero-order chi connectivity index (χ0) is 10.0. The molecule has 0 radical (unpaired) electrons. The SMILES string of the molecule is O=Cc1cc(Cl)c(Cl)c(C=O)c1Cl. The topological polar surface area (TPSA) is 34.1 Å². The van der Waals surface area contributed by atoms with Gasteiger partial charge in [0.25, 0.3) is 0 Å². The number of carbonyl (C=O) groups excluding carboxylic acids is 2. The molecule has 0 saturated carbocycles. The van der Waals surface area contributed by atoms with Crippen LogP contribution in [0.2, 0.25) is 15.1 Å². The van der Waals surface area contributed by atoms with E-state index in [2.05, 4.69) is 0 Å². The molecule has 1 aromatic rings. The van der Waals surface area contributed by atoms with Crippen molar-refractivity contribution in [2.45, 2.75) is 0 Å². The lowest BCUT2D eigenvalue weighted by Crippen LogP contribution is -1.91. The number of hydrogen-bond acceptors (Lipinski definition) is 2. The largest absolute Gasteiger partial charge is 0.298 e. The second-order valence-electron chi connectivity index (χ2n) is 2.22. The molecule has 0 atom stereocenters. The Morgan fingerprint density at radius 3 is 2.08 bits per heavy atom. The van der Waals surface area contributed by atoms with Crippen molar-refractivity contribution in [2.24, 2.45) is 0 Å². The molecule has 0 heterocycles. The maximum absolute atomic E-state index is 10.5. The van der Waals surface area contributed by atoms with Gasteiger partial charge in [-0.2, -0.15) is 0 Å². The second-order valence-corrected chi connectivity index (χ2v) is 3.39. The van der Waals surface area contributed by atoms with Gasteiger partial charge in [-0.1, -0.05) is 34.8 Å². The first-order valence-corrected chi connectivity index (χ1v) is 4.33. The van der Waals surface area contributed by atoms with Gasteiger partial charge in [-0.05, 0) is 6.07 Å². The molecule has 0 unspecified atom stereocenters. The van der Waals surface area contributed by atoms with E-state index >= 15 is 0 Å². The average molecular weight is 237 g/mol. The first-order valence-electron chi connectivity index (χ1n) is 3.19. The zero-order valence-corrected chi connectivity index (χ0v) is 8.45. The van der Waals surface area contributed by atoms with Crippen molar-refractivity contribution in [3.8, 4) is 0 Å². The van der Waals surface area contributed by atoms with Gasteiger partial charge in [-0.3, -0.25) is 9.59 Å². The normalized spacial score (nSPS) is 9.77. The molecule has 0 aliphatic rings. The molecule has 0 fully saturated rings. The zero-order valence-electron chi connectivity index (χ0n) is 6.18. The molecule has 68 valence electrons. The number of aldehydes is 2. The molecule has 0 aliphatic carbocycles. The van der Waals surface area contributed by atoms with Crippen LogP contribution in [0.4, 0.5) is 0 Å². The van der Waals surface area contributed by atoms with Crippen molar-refractivity contribution < 1.29 is 9.59 Å². The summed E-state index contributed by atoms with van der Waals surface area (Å²) in [7, 11) is 0. The van der Waals surface area contributed by atoms with Crippen molar-refractivity contribution >= 4 is 47.4 Å². The van der Waals surface area contributed by atoms with E-state index in [9.17, 15) is 9.59 Å². The maximum Gasteiger partial charge on any atom is 0.153 e. The van der Waals surface area contributed by atoms with E-state index in [1.807, 2.05) is 0 Å². The second kappa shape index (κ2) is 4.09. The lowest BCUT2D eigenvalue weighted by molar-refractivity contribution is 0.112. The summed E-state index contributed by atoms with van der Waals surface area (Å²) in [5.41, 5.74) is 0.191. The predicted octanol–water partition coefficient (Wildman–Crippen LogP) is 3.27. The first kappa shape index (κ1) is 10.5. The third-order valence-corrected chi connectivity index (χ3v) is 2.69. The Morgan fingerprint density at radius 1 is 1.00 bits per heavy atom. The fraction of sp³-hybridized carbons (Fsp3) is 0. The molecule has 5 heteroatoms. The van der Waals surface area contributed by atoms with Crippen molar-refractivity contribution in [3.63, 3.8) is 0 Å². The highest BCUT2D eigenvalue weighted by atomic mass is 35.5. The highest BCUT2D eigenvalue weighted by Crippen LogP contribution is 2.32. The number of rotatable bonds is 2. The highest BCUT2D eigenvalue weighted by Gasteiger charge is 2.13. The molecule has 0 spiro atoms. The summed E-state index contributed by atoms with van der Waals surface area (Å²) in [5, 5.41) is 0.224. The third kappa shape index (κ3) is 1.85. The summed E-state index contributed by atoms with van der Waals surface area (Å²) in [4.78, 5) is 21.0. The van der Waals surface area contributed by atoms with Crippen LogP contribution in [-0.2, 0) is 0 Å². The van der Waals surface area contributed by atoms with E-state index in [1.165, 1.54) is 6.07 Å². The van der Waals surface area contributed by atoms with E-state index in [-0.39, 0.29) is 26.2 Å². The summed E-state index contributed by atoms with van der Waals surface area (Å²) >= 11 is 17.0. The Kier molecular flexibility index (Phi) is 3.31. The first-order chi connectivity index (χ1) is 6.11. The van der Waals surface area contributed by atoms with Crippen LogP contribution in [0.5, 0.6) is 0 Å². The number of halogens is 3. The van der Waals surface area contributed by atoms with Gasteiger partial charge in [-0.25, -0.2) is 0 Å². The molecule has 13 heavy (non-hydrogen) atoms. The van der Waals surface area contributed by atoms with Crippen molar-refractivity contribution in [2.75, 3.05) is 0 Å². The Bertz CT molecular complexity index is 374. The molecule has 0 saturated heterocycles. The summed E-state index contributed by atoms with van der Waals surface area (Å²) in [5.74, 6) is 0. The summed E-state index contributed by atoms with van der Waals surface area (Å²) in [6, 6.07) is 1.31. The average Bonchev–Trinajstić information content (AvgIpc) is 2.12. The molecule has 0 aliphatic heterocycles. The van der Waals surface area contributed by atoms with Gasteiger partial charge in [0.1, 0.15) is 0 Å². The Hall–Kier alpha value is -0.570. The number of benzene rings is 1. The standard InChI is InChI=1S/C8H3Cl3O2/c9-6-1-4(2-12)7(10)5(3-13)8(6)11/h1-3H. The highest BCUT2D eigenvalue weighted by molar-refractivity contribution is 6.46. The minimum atomic E-state index is 0.0272. The van der Waals surface area contributed by atoms with Crippen molar-refractivity contribution in [1.29, 1.82) is 0 Å². The minimum Gasteiger partial charge on any atom is -0.298 e. The van der Waals surface area contributed by atoms with E-state index in [0.29, 0.717) is 12.6 Å². The number of carbonyl (C=O) groups is 2. The van der Waals surface area contributed by atoms with E-state index in [4.69, 9.17) is 34.8 Å². The lowest BCUT2D eigenvalue weighted by atomic mass is 10.1. The molecule has 1 rings (SSSR count). The van der Waals surface area contributed by atoms with Crippen LogP contribution in [0.15, 0.2) is 6.07 Å². The van der Waals surface area contributed by atoms with Crippen LogP contribution in [0.25, 0.3) is 0 Å². The summed E-state index contributed by atoms with van der Waals surface area (Å²) in [6.07, 6.45) is 0.973. The van der Waals surface area contributed by atoms with Crippen LogP contribution >= 0.6 is 34.8 Å². The molecule has 0 amide bonds. The summed E-state index contributed by atoms with van der Waals surface area (Å²) < 4.78 is 0. The van der Waals surface area contributed by atoms with Gasteiger partial charge in [0.15, 0.2) is 12.6 Å². The van der Waals surface area contributed by atoms with Crippen LogP contribution in [0, 0.1) is 0 Å². The monoisotopic (exact) mass is 236 g/mol. The Balaban J connectivity index is 3.56. The van der Waals surface area contributed by atoms with Gasteiger partial charge >= 0.3 is 0 Å². The molecule has 0 N–H and O–H groups in total. The fourth-order valence-corrected chi connectivity index (χ4v) is 1.53. The van der Waals surface area contributed by atoms with Crippen molar-refractivity contribution in [1.82, 2.24) is 0 Å². The van der Waals surface area contributed by atoms with E-state index < -0.39 is 0 Å².